The van der Waals surface area contributed by atoms with Crippen molar-refractivity contribution in [3.05, 3.63) is 70.9 Å². The zero-order valence-electron chi connectivity index (χ0n) is 9.24. The first-order chi connectivity index (χ1) is 7.88. The van der Waals surface area contributed by atoms with E-state index in [4.69, 9.17) is 0 Å². The SMILES string of the molecule is C1=CC23CC(=C1)C=C2C=CC1=C3CCC=C1. The number of hydrogen-bond donors (Lipinski definition) is 0. The topological polar surface area (TPSA) is 0 Å². The van der Waals surface area contributed by atoms with Crippen LogP contribution in [0.5, 0.6) is 0 Å². The highest BCUT2D eigenvalue weighted by Gasteiger charge is 2.42. The Morgan fingerprint density at radius 2 is 2.12 bits per heavy atom. The summed E-state index contributed by atoms with van der Waals surface area (Å²) in [5.41, 5.74) is 6.32. The second-order valence-electron chi connectivity index (χ2n) is 5.06. The van der Waals surface area contributed by atoms with Crippen molar-refractivity contribution >= 4 is 0 Å². The lowest BCUT2D eigenvalue weighted by Gasteiger charge is -2.37. The Morgan fingerprint density at radius 1 is 1.12 bits per heavy atom. The first kappa shape index (κ1) is 8.58. The van der Waals surface area contributed by atoms with Crippen molar-refractivity contribution in [2.45, 2.75) is 19.3 Å². The molecule has 4 aliphatic carbocycles. The van der Waals surface area contributed by atoms with Crippen molar-refractivity contribution in [3.63, 3.8) is 0 Å². The maximum Gasteiger partial charge on any atom is 0.0393 e. The molecule has 0 aliphatic heterocycles. The molecule has 0 saturated heterocycles. The van der Waals surface area contributed by atoms with Crippen LogP contribution in [0.25, 0.3) is 0 Å². The zero-order valence-corrected chi connectivity index (χ0v) is 9.24. The predicted octanol–water partition coefficient (Wildman–Crippen LogP) is 4.02. The molecule has 0 fully saturated rings. The molecule has 0 N–H and O–H groups in total. The smallest absolute Gasteiger partial charge is 0.0393 e. The quantitative estimate of drug-likeness (QED) is 0.561. The lowest BCUT2D eigenvalue weighted by Crippen LogP contribution is -2.25. The molecule has 4 aliphatic rings. The molecular weight excluding hydrogens is 192 g/mol. The second-order valence-corrected chi connectivity index (χ2v) is 5.06. The molecule has 0 aromatic heterocycles. The van der Waals surface area contributed by atoms with Gasteiger partial charge in [-0.15, -0.1) is 0 Å². The molecule has 1 atom stereocenters. The maximum absolute atomic E-state index is 2.41. The summed E-state index contributed by atoms with van der Waals surface area (Å²) in [5.74, 6) is 0. The van der Waals surface area contributed by atoms with Gasteiger partial charge >= 0.3 is 0 Å². The Bertz CT molecular complexity index is 547. The van der Waals surface area contributed by atoms with Crippen LogP contribution in [0, 0.1) is 5.41 Å². The largest absolute Gasteiger partial charge is 0.0836 e. The molecule has 0 heteroatoms. The van der Waals surface area contributed by atoms with Crippen molar-refractivity contribution in [3.8, 4) is 0 Å². The van der Waals surface area contributed by atoms with Crippen molar-refractivity contribution in [2.24, 2.45) is 5.41 Å². The molecule has 0 radical (unpaired) electrons. The van der Waals surface area contributed by atoms with Crippen LogP contribution >= 0.6 is 0 Å². The van der Waals surface area contributed by atoms with E-state index in [0.717, 1.165) is 0 Å². The van der Waals surface area contributed by atoms with Gasteiger partial charge in [-0.3, -0.25) is 0 Å². The van der Waals surface area contributed by atoms with Crippen molar-refractivity contribution in [1.82, 2.24) is 0 Å². The molecule has 2 bridgehead atoms. The number of fused-ring (bicyclic) bond motifs is 1. The van der Waals surface area contributed by atoms with E-state index in [1.54, 1.807) is 5.57 Å². The van der Waals surface area contributed by atoms with E-state index in [2.05, 4.69) is 48.6 Å². The molecule has 0 aromatic carbocycles. The minimum absolute atomic E-state index is 0.235. The Labute approximate surface area is 96.1 Å². The molecule has 0 aromatic rings. The number of rotatable bonds is 0. The third kappa shape index (κ3) is 0.904. The maximum atomic E-state index is 2.41. The Hall–Kier alpha value is -1.56. The van der Waals surface area contributed by atoms with Gasteiger partial charge in [0, 0.05) is 5.41 Å². The molecule has 0 nitrogen and oxygen atoms in total. The zero-order chi connectivity index (χ0) is 10.6. The molecule has 4 rings (SSSR count). The summed E-state index contributed by atoms with van der Waals surface area (Å²) in [5, 5.41) is 0. The molecule has 78 valence electrons. The van der Waals surface area contributed by atoms with Crippen LogP contribution in [0.2, 0.25) is 0 Å². The van der Waals surface area contributed by atoms with Gasteiger partial charge in [0.15, 0.2) is 0 Å². The summed E-state index contributed by atoms with van der Waals surface area (Å²) in [6.45, 7) is 0. The summed E-state index contributed by atoms with van der Waals surface area (Å²) in [7, 11) is 0. The van der Waals surface area contributed by atoms with Crippen LogP contribution in [0.3, 0.4) is 0 Å². The molecule has 1 spiro atoms. The molecule has 16 heavy (non-hydrogen) atoms. The standard InChI is InChI=1S/C16H14/c1-2-6-15-13(5-1)7-8-14-10-12-4-3-9-16(14,15)11-12/h1,3-5,7-10H,2,6,11H2. The van der Waals surface area contributed by atoms with E-state index in [1.807, 2.05) is 0 Å². The highest BCUT2D eigenvalue weighted by atomic mass is 14.5. The second kappa shape index (κ2) is 2.76. The normalized spacial score (nSPS) is 33.5. The molecular formula is C16H14. The monoisotopic (exact) mass is 206 g/mol. The molecule has 0 saturated carbocycles. The van der Waals surface area contributed by atoms with Crippen LogP contribution in [-0.2, 0) is 0 Å². The summed E-state index contributed by atoms with van der Waals surface area (Å²) in [6, 6.07) is 0. The first-order valence-electron chi connectivity index (χ1n) is 6.07. The van der Waals surface area contributed by atoms with E-state index in [-0.39, 0.29) is 5.41 Å². The van der Waals surface area contributed by atoms with Crippen LogP contribution in [0.1, 0.15) is 19.3 Å². The van der Waals surface area contributed by atoms with Gasteiger partial charge in [-0.25, -0.2) is 0 Å². The fourth-order valence-electron chi connectivity index (χ4n) is 3.48. The van der Waals surface area contributed by atoms with Crippen LogP contribution in [-0.4, -0.2) is 0 Å². The van der Waals surface area contributed by atoms with Gasteiger partial charge in [0.2, 0.25) is 0 Å². The van der Waals surface area contributed by atoms with E-state index in [1.165, 1.54) is 36.0 Å². The summed E-state index contributed by atoms with van der Waals surface area (Å²) >= 11 is 0. The minimum Gasteiger partial charge on any atom is -0.0836 e. The Kier molecular flexibility index (Phi) is 1.48. The van der Waals surface area contributed by atoms with Crippen LogP contribution in [0.15, 0.2) is 70.9 Å². The first-order valence-corrected chi connectivity index (χ1v) is 6.07. The van der Waals surface area contributed by atoms with E-state index >= 15 is 0 Å². The fraction of sp³-hybridized carbons (Fsp3) is 0.250. The third-order valence-corrected chi connectivity index (χ3v) is 4.22. The third-order valence-electron chi connectivity index (χ3n) is 4.22. The van der Waals surface area contributed by atoms with Gasteiger partial charge in [-0.05, 0) is 41.6 Å². The average Bonchev–Trinajstić information content (AvgIpc) is 2.60. The van der Waals surface area contributed by atoms with E-state index in [9.17, 15) is 0 Å². The Balaban J connectivity index is 1.99. The average molecular weight is 206 g/mol. The van der Waals surface area contributed by atoms with Gasteiger partial charge in [0.25, 0.3) is 0 Å². The van der Waals surface area contributed by atoms with Crippen LogP contribution < -0.4 is 0 Å². The predicted molar refractivity (Wildman–Crippen MR) is 66.9 cm³/mol. The van der Waals surface area contributed by atoms with Crippen molar-refractivity contribution in [2.75, 3.05) is 0 Å². The highest BCUT2D eigenvalue weighted by Crippen LogP contribution is 2.55. The Morgan fingerprint density at radius 3 is 3.12 bits per heavy atom. The van der Waals surface area contributed by atoms with Gasteiger partial charge in [-0.1, -0.05) is 48.6 Å². The van der Waals surface area contributed by atoms with Gasteiger partial charge in [0.05, 0.1) is 0 Å². The molecule has 1 unspecified atom stereocenters. The summed E-state index contributed by atoms with van der Waals surface area (Å²) in [6.07, 6.45) is 22.1. The molecule has 0 heterocycles. The van der Waals surface area contributed by atoms with E-state index in [0.29, 0.717) is 0 Å². The van der Waals surface area contributed by atoms with E-state index < -0.39 is 0 Å². The van der Waals surface area contributed by atoms with Crippen molar-refractivity contribution < 1.29 is 0 Å². The highest BCUT2D eigenvalue weighted by molar-refractivity contribution is 5.63. The van der Waals surface area contributed by atoms with Crippen molar-refractivity contribution in [1.29, 1.82) is 0 Å². The number of hydrogen-bond acceptors (Lipinski definition) is 0. The fourth-order valence-corrected chi connectivity index (χ4v) is 3.48. The lowest BCUT2D eigenvalue weighted by atomic mass is 9.66. The molecule has 0 amide bonds. The summed E-state index contributed by atoms with van der Waals surface area (Å²) < 4.78 is 0. The number of allylic oxidation sites excluding steroid dienone is 12. The summed E-state index contributed by atoms with van der Waals surface area (Å²) in [4.78, 5) is 0. The van der Waals surface area contributed by atoms with Gasteiger partial charge in [-0.2, -0.15) is 0 Å². The minimum atomic E-state index is 0.235. The lowest BCUT2D eigenvalue weighted by molar-refractivity contribution is 0.541. The van der Waals surface area contributed by atoms with Gasteiger partial charge in [0.1, 0.15) is 0 Å². The van der Waals surface area contributed by atoms with Gasteiger partial charge < -0.3 is 0 Å². The van der Waals surface area contributed by atoms with Crippen LogP contribution in [0.4, 0.5) is 0 Å².